The highest BCUT2D eigenvalue weighted by Gasteiger charge is 2.23. The van der Waals surface area contributed by atoms with Crippen LogP contribution in [-0.4, -0.2) is 39.2 Å². The van der Waals surface area contributed by atoms with Crippen molar-refractivity contribution in [1.82, 2.24) is 19.7 Å². The molecule has 0 atom stereocenters. The molecule has 0 radical (unpaired) electrons. The number of H-pyrrole nitrogens is 1. The number of alkyl halides is 2. The van der Waals surface area contributed by atoms with Gasteiger partial charge in [-0.3, -0.25) is 9.58 Å². The van der Waals surface area contributed by atoms with Crippen LogP contribution >= 0.6 is 0 Å². The van der Waals surface area contributed by atoms with Crippen LogP contribution in [-0.2, 0) is 13.1 Å². The molecule has 26 heavy (non-hydrogen) atoms. The van der Waals surface area contributed by atoms with Gasteiger partial charge in [-0.1, -0.05) is 0 Å². The van der Waals surface area contributed by atoms with Gasteiger partial charge in [0.2, 0.25) is 0 Å². The molecular weight excluding hydrogens is 341 g/mol. The number of aromatic amines is 1. The molecule has 138 valence electrons. The van der Waals surface area contributed by atoms with Gasteiger partial charge in [-0.25, -0.2) is 13.2 Å². The highest BCUT2D eigenvalue weighted by atomic mass is 19.3. The van der Waals surface area contributed by atoms with Gasteiger partial charge in [-0.05, 0) is 55.6 Å². The lowest BCUT2D eigenvalue weighted by atomic mass is 9.89. The topological polar surface area (TPSA) is 36.9 Å². The second-order valence-corrected chi connectivity index (χ2v) is 6.95. The zero-order chi connectivity index (χ0) is 18.1. The molecule has 1 saturated heterocycles. The van der Waals surface area contributed by atoms with E-state index in [1.807, 2.05) is 12.3 Å². The van der Waals surface area contributed by atoms with Gasteiger partial charge in [0.15, 0.2) is 0 Å². The Balaban J connectivity index is 1.37. The van der Waals surface area contributed by atoms with Crippen molar-refractivity contribution in [1.29, 1.82) is 0 Å². The summed E-state index contributed by atoms with van der Waals surface area (Å²) in [6, 6.07) is 4.89. The first-order valence-electron chi connectivity index (χ1n) is 8.87. The Hall–Kier alpha value is -2.28. The number of nitrogens with one attached hydrogen (secondary N) is 1. The third kappa shape index (κ3) is 3.62. The van der Waals surface area contributed by atoms with E-state index in [-0.39, 0.29) is 12.4 Å². The largest absolute Gasteiger partial charge is 0.361 e. The van der Waals surface area contributed by atoms with Crippen molar-refractivity contribution in [2.24, 2.45) is 0 Å². The van der Waals surface area contributed by atoms with Gasteiger partial charge in [0.25, 0.3) is 6.43 Å². The molecule has 4 rings (SSSR count). The first kappa shape index (κ1) is 17.1. The number of hydrogen-bond donors (Lipinski definition) is 1. The van der Waals surface area contributed by atoms with Crippen molar-refractivity contribution < 1.29 is 13.2 Å². The van der Waals surface area contributed by atoms with Gasteiger partial charge in [0.05, 0.1) is 6.20 Å². The predicted octanol–water partition coefficient (Wildman–Crippen LogP) is 4.15. The summed E-state index contributed by atoms with van der Waals surface area (Å²) in [7, 11) is 0. The lowest BCUT2D eigenvalue weighted by Crippen LogP contribution is -2.32. The number of nitrogens with zero attached hydrogens (tertiary/aromatic N) is 3. The van der Waals surface area contributed by atoms with Gasteiger partial charge in [0, 0.05) is 35.4 Å². The lowest BCUT2D eigenvalue weighted by molar-refractivity contribution is 0.121. The standard InChI is InChI=1S/C19H21F3N4/c20-15-1-2-16-17(9-23-18(16)7-15)14-3-5-25(6-4-14)10-13-8-24-26(11-13)12-19(21)22/h1-2,7-9,11,14,19,23H,3-6,10,12H2. The molecule has 4 nitrogen and oxygen atoms in total. The molecule has 1 N–H and O–H groups in total. The maximum Gasteiger partial charge on any atom is 0.257 e. The zero-order valence-corrected chi connectivity index (χ0v) is 14.3. The Kier molecular flexibility index (Phi) is 4.72. The van der Waals surface area contributed by atoms with Crippen LogP contribution in [0.25, 0.3) is 10.9 Å². The molecule has 0 bridgehead atoms. The van der Waals surface area contributed by atoms with Crippen molar-refractivity contribution in [3.8, 4) is 0 Å². The number of fused-ring (bicyclic) bond motifs is 1. The van der Waals surface area contributed by atoms with E-state index in [0.717, 1.165) is 48.9 Å². The summed E-state index contributed by atoms with van der Waals surface area (Å²) in [5.74, 6) is 0.222. The van der Waals surface area contributed by atoms with E-state index >= 15 is 0 Å². The monoisotopic (exact) mass is 362 g/mol. The summed E-state index contributed by atoms with van der Waals surface area (Å²) >= 11 is 0. The maximum atomic E-state index is 13.3. The minimum Gasteiger partial charge on any atom is -0.361 e. The summed E-state index contributed by atoms with van der Waals surface area (Å²) in [4.78, 5) is 5.50. The fourth-order valence-corrected chi connectivity index (χ4v) is 3.85. The second kappa shape index (κ2) is 7.15. The first-order chi connectivity index (χ1) is 12.6. The van der Waals surface area contributed by atoms with Crippen LogP contribution in [0.15, 0.2) is 36.8 Å². The summed E-state index contributed by atoms with van der Waals surface area (Å²) in [6.45, 7) is 2.26. The van der Waals surface area contributed by atoms with Gasteiger partial charge < -0.3 is 4.98 Å². The average molecular weight is 362 g/mol. The van der Waals surface area contributed by atoms with E-state index < -0.39 is 6.43 Å². The smallest absolute Gasteiger partial charge is 0.257 e. The molecule has 0 saturated carbocycles. The zero-order valence-electron chi connectivity index (χ0n) is 14.3. The number of rotatable bonds is 5. The molecule has 2 aromatic heterocycles. The molecule has 0 amide bonds. The lowest BCUT2D eigenvalue weighted by Gasteiger charge is -2.31. The molecule has 0 unspecified atom stereocenters. The van der Waals surface area contributed by atoms with Crippen LogP contribution in [0.1, 0.15) is 29.9 Å². The minimum atomic E-state index is -2.39. The van der Waals surface area contributed by atoms with Crippen molar-refractivity contribution in [2.75, 3.05) is 13.1 Å². The Bertz CT molecular complexity index is 878. The third-order valence-corrected chi connectivity index (χ3v) is 5.12. The van der Waals surface area contributed by atoms with Gasteiger partial charge in [-0.15, -0.1) is 0 Å². The number of aromatic nitrogens is 3. The molecule has 7 heteroatoms. The number of likely N-dealkylation sites (tertiary alicyclic amines) is 1. The number of piperidine rings is 1. The molecule has 3 aromatic rings. The molecule has 3 heterocycles. The minimum absolute atomic E-state index is 0.229. The van der Waals surface area contributed by atoms with Gasteiger partial charge >= 0.3 is 0 Å². The average Bonchev–Trinajstić information content (AvgIpc) is 3.21. The van der Waals surface area contributed by atoms with E-state index in [0.29, 0.717) is 5.92 Å². The fraction of sp³-hybridized carbons (Fsp3) is 0.421. The van der Waals surface area contributed by atoms with Crippen molar-refractivity contribution >= 4 is 10.9 Å². The first-order valence-corrected chi connectivity index (χ1v) is 8.87. The third-order valence-electron chi connectivity index (χ3n) is 5.12. The highest BCUT2D eigenvalue weighted by molar-refractivity contribution is 5.83. The molecule has 1 fully saturated rings. The van der Waals surface area contributed by atoms with Crippen LogP contribution in [0, 0.1) is 5.82 Å². The molecule has 1 aliphatic heterocycles. The highest BCUT2D eigenvalue weighted by Crippen LogP contribution is 2.33. The Morgan fingerprint density at radius 1 is 1.23 bits per heavy atom. The van der Waals surface area contributed by atoms with Crippen molar-refractivity contribution in [3.63, 3.8) is 0 Å². The van der Waals surface area contributed by atoms with Crippen molar-refractivity contribution in [3.05, 3.63) is 53.7 Å². The fourth-order valence-electron chi connectivity index (χ4n) is 3.85. The quantitative estimate of drug-likeness (QED) is 0.740. The molecule has 1 aliphatic rings. The Morgan fingerprint density at radius 2 is 2.04 bits per heavy atom. The van der Waals surface area contributed by atoms with E-state index in [1.54, 1.807) is 12.4 Å². The SMILES string of the molecule is Fc1ccc2c(C3CCN(Cc4cnn(CC(F)F)c4)CC3)c[nH]c2c1. The predicted molar refractivity (Wildman–Crippen MR) is 93.7 cm³/mol. The van der Waals surface area contributed by atoms with Crippen molar-refractivity contribution in [2.45, 2.75) is 38.3 Å². The van der Waals surface area contributed by atoms with Crippen LogP contribution in [0.5, 0.6) is 0 Å². The Labute approximate surface area is 149 Å². The molecule has 0 spiro atoms. The second-order valence-electron chi connectivity index (χ2n) is 6.95. The normalized spacial score (nSPS) is 16.8. The number of hydrogen-bond acceptors (Lipinski definition) is 2. The summed E-state index contributed by atoms with van der Waals surface area (Å²) in [6.07, 6.45) is 5.03. The van der Waals surface area contributed by atoms with Gasteiger partial charge in [0.1, 0.15) is 12.4 Å². The van der Waals surface area contributed by atoms with Crippen LogP contribution < -0.4 is 0 Å². The Morgan fingerprint density at radius 3 is 2.81 bits per heavy atom. The van der Waals surface area contributed by atoms with E-state index in [9.17, 15) is 13.2 Å². The molecule has 0 aliphatic carbocycles. The summed E-state index contributed by atoms with van der Waals surface area (Å²) < 4.78 is 39.5. The number of benzene rings is 1. The molecule has 1 aromatic carbocycles. The summed E-state index contributed by atoms with van der Waals surface area (Å²) in [5.41, 5.74) is 3.06. The maximum absolute atomic E-state index is 13.3. The number of halogens is 3. The van der Waals surface area contributed by atoms with Crippen LogP contribution in [0.3, 0.4) is 0 Å². The van der Waals surface area contributed by atoms with E-state index in [2.05, 4.69) is 15.0 Å². The van der Waals surface area contributed by atoms with Gasteiger partial charge in [-0.2, -0.15) is 5.10 Å². The van der Waals surface area contributed by atoms with E-state index in [4.69, 9.17) is 0 Å². The molecular formula is C19H21F3N4. The van der Waals surface area contributed by atoms with E-state index in [1.165, 1.54) is 22.4 Å². The van der Waals surface area contributed by atoms with Crippen LogP contribution in [0.2, 0.25) is 0 Å². The van der Waals surface area contributed by atoms with Crippen LogP contribution in [0.4, 0.5) is 13.2 Å². The summed E-state index contributed by atoms with van der Waals surface area (Å²) in [5, 5.41) is 5.09.